The lowest BCUT2D eigenvalue weighted by Crippen LogP contribution is -2.42. The van der Waals surface area contributed by atoms with Crippen molar-refractivity contribution in [2.24, 2.45) is 11.1 Å². The van der Waals surface area contributed by atoms with Gasteiger partial charge in [0.15, 0.2) is 0 Å². The average Bonchev–Trinajstić information content (AvgIpc) is 2.42. The third-order valence-corrected chi connectivity index (χ3v) is 2.99. The molecule has 0 fully saturated rings. The molecule has 1 aromatic rings. The van der Waals surface area contributed by atoms with Gasteiger partial charge in [-0.3, -0.25) is 14.6 Å². The van der Waals surface area contributed by atoms with Gasteiger partial charge < -0.3 is 16.4 Å². The number of hydrogen-bond acceptors (Lipinski definition) is 4. The Bertz CT molecular complexity index is 486. The van der Waals surface area contributed by atoms with Gasteiger partial charge >= 0.3 is 0 Å². The van der Waals surface area contributed by atoms with Crippen molar-refractivity contribution in [2.45, 2.75) is 27.2 Å². The number of nitrogens with two attached hydrogens (primary N) is 1. The zero-order valence-electron chi connectivity index (χ0n) is 12.2. The van der Waals surface area contributed by atoms with Crippen LogP contribution in [0.25, 0.3) is 0 Å². The van der Waals surface area contributed by atoms with E-state index in [1.54, 1.807) is 26.1 Å². The molecule has 0 unspecified atom stereocenters. The van der Waals surface area contributed by atoms with Gasteiger partial charge in [0.05, 0.1) is 16.7 Å². The zero-order chi connectivity index (χ0) is 15.2. The SMILES string of the molecule is CCCNc1ccncc1C(=O)NCC(C)(C)C(N)=O. The Morgan fingerprint density at radius 1 is 1.40 bits per heavy atom. The van der Waals surface area contributed by atoms with Gasteiger partial charge in [-0.2, -0.15) is 0 Å². The molecule has 6 heteroatoms. The average molecular weight is 278 g/mol. The van der Waals surface area contributed by atoms with E-state index in [0.717, 1.165) is 18.7 Å². The number of hydrogen-bond donors (Lipinski definition) is 3. The van der Waals surface area contributed by atoms with Crippen LogP contribution in [-0.4, -0.2) is 29.9 Å². The van der Waals surface area contributed by atoms with Gasteiger partial charge in [0.1, 0.15) is 0 Å². The summed E-state index contributed by atoms with van der Waals surface area (Å²) in [6.07, 6.45) is 4.09. The molecular weight excluding hydrogens is 256 g/mol. The van der Waals surface area contributed by atoms with Gasteiger partial charge in [-0.1, -0.05) is 6.92 Å². The second-order valence-electron chi connectivity index (χ2n) is 5.28. The van der Waals surface area contributed by atoms with Crippen LogP contribution < -0.4 is 16.4 Å². The minimum Gasteiger partial charge on any atom is -0.384 e. The van der Waals surface area contributed by atoms with E-state index in [-0.39, 0.29) is 12.5 Å². The molecule has 0 aliphatic heterocycles. The fraction of sp³-hybridized carbons (Fsp3) is 0.500. The normalized spacial score (nSPS) is 10.9. The number of aromatic nitrogens is 1. The van der Waals surface area contributed by atoms with Crippen LogP contribution in [-0.2, 0) is 4.79 Å². The van der Waals surface area contributed by atoms with Crippen molar-refractivity contribution in [1.82, 2.24) is 10.3 Å². The Balaban J connectivity index is 2.75. The largest absolute Gasteiger partial charge is 0.384 e. The summed E-state index contributed by atoms with van der Waals surface area (Å²) in [5.74, 6) is -0.723. The molecule has 4 N–H and O–H groups in total. The molecule has 2 amide bonds. The lowest BCUT2D eigenvalue weighted by atomic mass is 9.92. The van der Waals surface area contributed by atoms with E-state index >= 15 is 0 Å². The van der Waals surface area contributed by atoms with Crippen molar-refractivity contribution < 1.29 is 9.59 Å². The van der Waals surface area contributed by atoms with E-state index in [2.05, 4.69) is 15.6 Å². The van der Waals surface area contributed by atoms with E-state index in [1.165, 1.54) is 6.20 Å². The van der Waals surface area contributed by atoms with Gasteiger partial charge in [0, 0.05) is 25.5 Å². The maximum atomic E-state index is 12.2. The van der Waals surface area contributed by atoms with Crippen molar-refractivity contribution >= 4 is 17.5 Å². The summed E-state index contributed by atoms with van der Waals surface area (Å²) in [4.78, 5) is 27.3. The Hall–Kier alpha value is -2.11. The lowest BCUT2D eigenvalue weighted by Gasteiger charge is -2.21. The second-order valence-corrected chi connectivity index (χ2v) is 5.28. The molecule has 0 spiro atoms. The molecule has 0 atom stereocenters. The highest BCUT2D eigenvalue weighted by Crippen LogP contribution is 2.15. The van der Waals surface area contributed by atoms with Gasteiger partial charge in [0.2, 0.25) is 5.91 Å². The highest BCUT2D eigenvalue weighted by Gasteiger charge is 2.26. The third kappa shape index (κ3) is 4.22. The topological polar surface area (TPSA) is 97.1 Å². The molecule has 0 saturated carbocycles. The quantitative estimate of drug-likeness (QED) is 0.697. The van der Waals surface area contributed by atoms with E-state index < -0.39 is 11.3 Å². The van der Waals surface area contributed by atoms with Crippen LogP contribution in [0.1, 0.15) is 37.6 Å². The molecule has 0 bridgehead atoms. The number of rotatable bonds is 7. The molecule has 0 aromatic carbocycles. The molecule has 1 aromatic heterocycles. The van der Waals surface area contributed by atoms with E-state index in [1.807, 2.05) is 6.92 Å². The molecule has 0 aliphatic rings. The lowest BCUT2D eigenvalue weighted by molar-refractivity contribution is -0.125. The van der Waals surface area contributed by atoms with Crippen molar-refractivity contribution in [3.8, 4) is 0 Å². The summed E-state index contributed by atoms with van der Waals surface area (Å²) in [5, 5.41) is 5.89. The summed E-state index contributed by atoms with van der Waals surface area (Å²) < 4.78 is 0. The summed E-state index contributed by atoms with van der Waals surface area (Å²) in [5.41, 5.74) is 5.69. The maximum absolute atomic E-state index is 12.2. The fourth-order valence-electron chi connectivity index (χ4n) is 1.47. The number of anilines is 1. The summed E-state index contributed by atoms with van der Waals surface area (Å²) in [6.45, 7) is 6.38. The summed E-state index contributed by atoms with van der Waals surface area (Å²) in [6, 6.07) is 1.75. The first-order valence-corrected chi connectivity index (χ1v) is 6.64. The number of nitrogens with zero attached hydrogens (tertiary/aromatic N) is 1. The number of carbonyl (C=O) groups excluding carboxylic acids is 2. The van der Waals surface area contributed by atoms with Crippen LogP contribution >= 0.6 is 0 Å². The van der Waals surface area contributed by atoms with Crippen LogP contribution in [0.3, 0.4) is 0 Å². The highest BCUT2D eigenvalue weighted by molar-refractivity contribution is 5.99. The monoisotopic (exact) mass is 278 g/mol. The number of pyridine rings is 1. The molecule has 20 heavy (non-hydrogen) atoms. The van der Waals surface area contributed by atoms with Crippen molar-refractivity contribution in [1.29, 1.82) is 0 Å². The van der Waals surface area contributed by atoms with Crippen LogP contribution in [0.4, 0.5) is 5.69 Å². The number of nitrogens with one attached hydrogen (secondary N) is 2. The van der Waals surface area contributed by atoms with E-state index in [0.29, 0.717) is 5.56 Å². The fourth-order valence-corrected chi connectivity index (χ4v) is 1.47. The number of primary amides is 1. The van der Waals surface area contributed by atoms with Gasteiger partial charge in [-0.25, -0.2) is 0 Å². The summed E-state index contributed by atoms with van der Waals surface area (Å²) >= 11 is 0. The second kappa shape index (κ2) is 6.88. The third-order valence-electron chi connectivity index (χ3n) is 2.99. The van der Waals surface area contributed by atoms with Crippen LogP contribution in [0.2, 0.25) is 0 Å². The van der Waals surface area contributed by atoms with Crippen molar-refractivity contribution in [3.63, 3.8) is 0 Å². The Morgan fingerprint density at radius 2 is 2.10 bits per heavy atom. The van der Waals surface area contributed by atoms with Gasteiger partial charge in [-0.05, 0) is 26.3 Å². The van der Waals surface area contributed by atoms with Gasteiger partial charge in [0.25, 0.3) is 5.91 Å². The van der Waals surface area contributed by atoms with E-state index in [4.69, 9.17) is 5.73 Å². The predicted molar refractivity (Wildman–Crippen MR) is 78.3 cm³/mol. The van der Waals surface area contributed by atoms with Crippen LogP contribution in [0.5, 0.6) is 0 Å². The molecule has 0 aliphatic carbocycles. The first kappa shape index (κ1) is 15.9. The highest BCUT2D eigenvalue weighted by atomic mass is 16.2. The first-order valence-electron chi connectivity index (χ1n) is 6.64. The van der Waals surface area contributed by atoms with E-state index in [9.17, 15) is 9.59 Å². The Kier molecular flexibility index (Phi) is 5.49. The van der Waals surface area contributed by atoms with Crippen LogP contribution in [0.15, 0.2) is 18.5 Å². The maximum Gasteiger partial charge on any atom is 0.254 e. The number of carbonyl (C=O) groups is 2. The zero-order valence-corrected chi connectivity index (χ0v) is 12.2. The Morgan fingerprint density at radius 3 is 2.70 bits per heavy atom. The number of amides is 2. The van der Waals surface area contributed by atoms with Crippen LogP contribution in [0, 0.1) is 5.41 Å². The van der Waals surface area contributed by atoms with Crippen molar-refractivity contribution in [2.75, 3.05) is 18.4 Å². The molecule has 6 nitrogen and oxygen atoms in total. The first-order chi connectivity index (χ1) is 9.38. The molecule has 0 saturated heterocycles. The molecule has 0 radical (unpaired) electrons. The minimum absolute atomic E-state index is 0.184. The molecule has 110 valence electrons. The molecular formula is C14H22N4O2. The van der Waals surface area contributed by atoms with Crippen molar-refractivity contribution in [3.05, 3.63) is 24.0 Å². The predicted octanol–water partition coefficient (Wildman–Crippen LogP) is 1.14. The minimum atomic E-state index is -0.783. The molecule has 1 heterocycles. The Labute approximate surface area is 119 Å². The standard InChI is InChI=1S/C14H22N4O2/c1-4-6-17-11-5-7-16-8-10(11)12(19)18-9-14(2,3)13(15)20/h5,7-8H,4,6,9H2,1-3H3,(H2,15,20)(H,16,17)(H,18,19). The molecule has 1 rings (SSSR count). The summed E-state index contributed by atoms with van der Waals surface area (Å²) in [7, 11) is 0. The smallest absolute Gasteiger partial charge is 0.254 e. The van der Waals surface area contributed by atoms with Gasteiger partial charge in [-0.15, -0.1) is 0 Å².